The average molecular weight is 297 g/mol. The number of hydrogen-bond acceptors (Lipinski definition) is 5. The molecule has 4 nitrogen and oxygen atoms in total. The Bertz CT molecular complexity index is 394. The molecule has 0 bridgehead atoms. The van der Waals surface area contributed by atoms with Crippen LogP contribution < -0.4 is 5.32 Å². The summed E-state index contributed by atoms with van der Waals surface area (Å²) < 4.78 is 5.62. The molecule has 0 aliphatic carbocycles. The van der Waals surface area contributed by atoms with Gasteiger partial charge in [0.25, 0.3) is 0 Å². The summed E-state index contributed by atoms with van der Waals surface area (Å²) in [5.74, 6) is 4.46. The Labute approximate surface area is 126 Å². The van der Waals surface area contributed by atoms with Crippen molar-refractivity contribution in [2.75, 3.05) is 18.8 Å². The van der Waals surface area contributed by atoms with Gasteiger partial charge in [0.2, 0.25) is 5.89 Å². The molecule has 0 unspecified atom stereocenters. The molecule has 1 fully saturated rings. The third kappa shape index (κ3) is 3.98. The molecule has 114 valence electrons. The molecule has 0 saturated carbocycles. The van der Waals surface area contributed by atoms with Crippen LogP contribution in [0.3, 0.4) is 0 Å². The highest BCUT2D eigenvalue weighted by atomic mass is 32.2. The van der Waals surface area contributed by atoms with Crippen LogP contribution in [0.5, 0.6) is 0 Å². The van der Waals surface area contributed by atoms with E-state index in [0.717, 1.165) is 55.6 Å². The van der Waals surface area contributed by atoms with Gasteiger partial charge in [-0.2, -0.15) is 16.7 Å². The molecule has 1 aliphatic heterocycles. The fraction of sp³-hybridized carbons (Fsp3) is 0.867. The minimum atomic E-state index is 0.119. The molecule has 0 atom stereocenters. The SMILES string of the molecule is CCCC1(c2nc(CSCC(C)C)no2)CCNCC1. The van der Waals surface area contributed by atoms with E-state index in [0.29, 0.717) is 5.92 Å². The molecule has 1 aromatic rings. The van der Waals surface area contributed by atoms with Crippen molar-refractivity contribution in [2.24, 2.45) is 5.92 Å². The fourth-order valence-electron chi connectivity index (χ4n) is 2.87. The molecule has 0 aromatic carbocycles. The van der Waals surface area contributed by atoms with E-state index in [-0.39, 0.29) is 5.41 Å². The predicted octanol–water partition coefficient (Wildman–Crippen LogP) is 3.38. The second-order valence-corrected chi connectivity index (χ2v) is 7.24. The van der Waals surface area contributed by atoms with Gasteiger partial charge in [0.1, 0.15) is 0 Å². The monoisotopic (exact) mass is 297 g/mol. The molecule has 0 amide bonds. The highest BCUT2D eigenvalue weighted by Crippen LogP contribution is 2.37. The van der Waals surface area contributed by atoms with Crippen LogP contribution in [-0.2, 0) is 11.2 Å². The third-order valence-corrected chi connectivity index (χ3v) is 5.26. The lowest BCUT2D eigenvalue weighted by molar-refractivity contribution is 0.208. The molecular weight excluding hydrogens is 270 g/mol. The highest BCUT2D eigenvalue weighted by molar-refractivity contribution is 7.98. The molecule has 1 saturated heterocycles. The molecule has 5 heteroatoms. The van der Waals surface area contributed by atoms with Gasteiger partial charge in [0.15, 0.2) is 5.82 Å². The quantitative estimate of drug-likeness (QED) is 0.836. The maximum atomic E-state index is 5.62. The number of aromatic nitrogens is 2. The largest absolute Gasteiger partial charge is 0.339 e. The summed E-state index contributed by atoms with van der Waals surface area (Å²) in [5.41, 5.74) is 0.119. The lowest BCUT2D eigenvalue weighted by Gasteiger charge is -2.34. The summed E-state index contributed by atoms with van der Waals surface area (Å²) >= 11 is 1.89. The minimum Gasteiger partial charge on any atom is -0.339 e. The zero-order valence-electron chi connectivity index (χ0n) is 12.9. The van der Waals surface area contributed by atoms with E-state index in [4.69, 9.17) is 9.51 Å². The number of thioether (sulfide) groups is 1. The van der Waals surface area contributed by atoms with Gasteiger partial charge in [0.05, 0.1) is 11.2 Å². The first kappa shape index (κ1) is 15.8. The number of piperidine rings is 1. The number of hydrogen-bond donors (Lipinski definition) is 1. The minimum absolute atomic E-state index is 0.119. The first-order valence-electron chi connectivity index (χ1n) is 7.78. The smallest absolute Gasteiger partial charge is 0.232 e. The summed E-state index contributed by atoms with van der Waals surface area (Å²) in [6, 6.07) is 0. The van der Waals surface area contributed by atoms with Crippen LogP contribution in [0, 0.1) is 5.92 Å². The van der Waals surface area contributed by atoms with Crippen LogP contribution in [-0.4, -0.2) is 29.0 Å². The van der Waals surface area contributed by atoms with Crippen LogP contribution in [0.15, 0.2) is 4.52 Å². The molecular formula is C15H27N3OS. The summed E-state index contributed by atoms with van der Waals surface area (Å²) in [6.07, 6.45) is 4.54. The molecule has 2 rings (SSSR count). The van der Waals surface area contributed by atoms with Crippen molar-refractivity contribution in [3.8, 4) is 0 Å². The fourth-order valence-corrected chi connectivity index (χ4v) is 3.76. The average Bonchev–Trinajstić information content (AvgIpc) is 2.89. The molecule has 20 heavy (non-hydrogen) atoms. The Hall–Kier alpha value is -0.550. The Balaban J connectivity index is 2.01. The molecule has 1 aromatic heterocycles. The molecule has 0 spiro atoms. The van der Waals surface area contributed by atoms with Crippen molar-refractivity contribution in [2.45, 2.75) is 57.6 Å². The first-order valence-corrected chi connectivity index (χ1v) is 8.93. The van der Waals surface area contributed by atoms with Crippen molar-refractivity contribution >= 4 is 11.8 Å². The van der Waals surface area contributed by atoms with Gasteiger partial charge in [0, 0.05) is 0 Å². The van der Waals surface area contributed by atoms with Gasteiger partial charge in [-0.15, -0.1) is 0 Å². The second-order valence-electron chi connectivity index (χ2n) is 6.21. The summed E-state index contributed by atoms with van der Waals surface area (Å²) in [5, 5.41) is 7.62. The molecule has 1 N–H and O–H groups in total. The Morgan fingerprint density at radius 2 is 2.10 bits per heavy atom. The van der Waals surface area contributed by atoms with E-state index in [9.17, 15) is 0 Å². The summed E-state index contributed by atoms with van der Waals surface area (Å²) in [6.45, 7) is 8.82. The topological polar surface area (TPSA) is 51.0 Å². The zero-order chi connectivity index (χ0) is 14.4. The van der Waals surface area contributed by atoms with Crippen molar-refractivity contribution in [3.63, 3.8) is 0 Å². The first-order chi connectivity index (χ1) is 9.66. The number of nitrogens with one attached hydrogen (secondary N) is 1. The number of nitrogens with zero attached hydrogens (tertiary/aromatic N) is 2. The van der Waals surface area contributed by atoms with Crippen LogP contribution in [0.25, 0.3) is 0 Å². The van der Waals surface area contributed by atoms with Gasteiger partial charge in [-0.3, -0.25) is 0 Å². The maximum Gasteiger partial charge on any atom is 0.232 e. The molecule has 0 radical (unpaired) electrons. The zero-order valence-corrected chi connectivity index (χ0v) is 13.8. The second kappa shape index (κ2) is 7.46. The summed E-state index contributed by atoms with van der Waals surface area (Å²) in [7, 11) is 0. The Morgan fingerprint density at radius 1 is 1.35 bits per heavy atom. The van der Waals surface area contributed by atoms with Crippen LogP contribution in [0.4, 0.5) is 0 Å². The lowest BCUT2D eigenvalue weighted by atomic mass is 9.75. The Morgan fingerprint density at radius 3 is 2.75 bits per heavy atom. The van der Waals surface area contributed by atoms with Crippen molar-refractivity contribution in [3.05, 3.63) is 11.7 Å². The van der Waals surface area contributed by atoms with E-state index in [1.54, 1.807) is 0 Å². The van der Waals surface area contributed by atoms with Crippen molar-refractivity contribution < 1.29 is 4.52 Å². The van der Waals surface area contributed by atoms with Crippen LogP contribution in [0.2, 0.25) is 0 Å². The van der Waals surface area contributed by atoms with Crippen LogP contribution >= 0.6 is 11.8 Å². The summed E-state index contributed by atoms with van der Waals surface area (Å²) in [4.78, 5) is 4.70. The third-order valence-electron chi connectivity index (χ3n) is 3.89. The predicted molar refractivity (Wildman–Crippen MR) is 84.0 cm³/mol. The van der Waals surface area contributed by atoms with E-state index < -0.39 is 0 Å². The van der Waals surface area contributed by atoms with Crippen molar-refractivity contribution in [1.29, 1.82) is 0 Å². The molecule has 1 aliphatic rings. The molecule has 2 heterocycles. The van der Waals surface area contributed by atoms with Crippen LogP contribution in [0.1, 0.15) is 58.2 Å². The standard InChI is InChI=1S/C15H27N3OS/c1-4-5-15(6-8-16-9-7-15)14-17-13(18-19-14)11-20-10-12(2)3/h12,16H,4-11H2,1-3H3. The van der Waals surface area contributed by atoms with E-state index in [1.807, 2.05) is 11.8 Å². The normalized spacial score (nSPS) is 18.6. The van der Waals surface area contributed by atoms with E-state index in [2.05, 4.69) is 31.2 Å². The van der Waals surface area contributed by atoms with E-state index >= 15 is 0 Å². The van der Waals surface area contributed by atoms with Crippen molar-refractivity contribution in [1.82, 2.24) is 15.5 Å². The highest BCUT2D eigenvalue weighted by Gasteiger charge is 2.38. The van der Waals surface area contributed by atoms with Gasteiger partial charge >= 0.3 is 0 Å². The maximum absolute atomic E-state index is 5.62. The van der Waals surface area contributed by atoms with E-state index in [1.165, 1.54) is 6.42 Å². The lowest BCUT2D eigenvalue weighted by Crippen LogP contribution is -2.40. The van der Waals surface area contributed by atoms with Gasteiger partial charge in [-0.05, 0) is 44.0 Å². The van der Waals surface area contributed by atoms with Gasteiger partial charge in [-0.1, -0.05) is 32.3 Å². The van der Waals surface area contributed by atoms with Gasteiger partial charge < -0.3 is 9.84 Å². The van der Waals surface area contributed by atoms with Gasteiger partial charge in [-0.25, -0.2) is 0 Å². The Kier molecular flexibility index (Phi) is 5.90. The number of rotatable bonds is 7.